The van der Waals surface area contributed by atoms with Gasteiger partial charge in [0, 0.05) is 29.8 Å². The number of anilines is 3. The second kappa shape index (κ2) is 7.49. The Morgan fingerprint density at radius 2 is 2.07 bits per heavy atom. The number of nitrogen functional groups attached to an aromatic ring is 1. The summed E-state index contributed by atoms with van der Waals surface area (Å²) in [6.45, 7) is 2.81. The quantitative estimate of drug-likeness (QED) is 0.670. The van der Waals surface area contributed by atoms with Crippen LogP contribution in [0.2, 0.25) is 5.02 Å². The molecule has 1 atom stereocenters. The topological polar surface area (TPSA) is 95.5 Å². The molecular weight excluding hydrogens is 388 g/mol. The van der Waals surface area contributed by atoms with Crippen molar-refractivity contribution in [2.24, 2.45) is 0 Å². The summed E-state index contributed by atoms with van der Waals surface area (Å²) in [5.41, 5.74) is 7.52. The molecule has 4 N–H and O–H groups in total. The molecule has 0 saturated heterocycles. The molecule has 0 spiro atoms. The highest BCUT2D eigenvalue weighted by Crippen LogP contribution is 2.47. The molecule has 1 unspecified atom stereocenters. The van der Waals surface area contributed by atoms with Gasteiger partial charge in [-0.3, -0.25) is 0 Å². The first kappa shape index (κ1) is 20.0. The molecule has 2 aliphatic rings. The summed E-state index contributed by atoms with van der Waals surface area (Å²) in [7, 11) is 0. The van der Waals surface area contributed by atoms with Crippen LogP contribution in [0, 0.1) is 11.8 Å². The molecular formula is C22H25ClN4O2. The number of halogens is 1. The molecule has 0 radical (unpaired) electrons. The van der Waals surface area contributed by atoms with Gasteiger partial charge in [-0.1, -0.05) is 36.4 Å². The van der Waals surface area contributed by atoms with Crippen LogP contribution >= 0.6 is 11.6 Å². The molecule has 4 rings (SSSR count). The van der Waals surface area contributed by atoms with Gasteiger partial charge in [-0.15, -0.1) is 0 Å². The van der Waals surface area contributed by atoms with Crippen LogP contribution < -0.4 is 10.6 Å². The van der Waals surface area contributed by atoms with Crippen LogP contribution in [0.3, 0.4) is 0 Å². The van der Waals surface area contributed by atoms with Crippen LogP contribution in [0.1, 0.15) is 50.2 Å². The maximum atomic E-state index is 10.5. The van der Waals surface area contributed by atoms with Gasteiger partial charge in [0.25, 0.3) is 0 Å². The van der Waals surface area contributed by atoms with Crippen LogP contribution in [0.25, 0.3) is 0 Å². The number of fused-ring (bicyclic) bond motifs is 1. The molecule has 1 fully saturated rings. The fourth-order valence-corrected chi connectivity index (χ4v) is 4.54. The van der Waals surface area contributed by atoms with Crippen molar-refractivity contribution < 1.29 is 10.2 Å². The van der Waals surface area contributed by atoms with E-state index < -0.39 is 5.60 Å². The number of nitrogens with zero attached hydrogens (tertiary/aromatic N) is 3. The predicted molar refractivity (Wildman–Crippen MR) is 114 cm³/mol. The van der Waals surface area contributed by atoms with Crippen molar-refractivity contribution in [1.29, 1.82) is 0 Å². The highest BCUT2D eigenvalue weighted by atomic mass is 35.5. The van der Waals surface area contributed by atoms with Crippen molar-refractivity contribution >= 4 is 29.1 Å². The lowest BCUT2D eigenvalue weighted by Crippen LogP contribution is -2.30. The van der Waals surface area contributed by atoms with Crippen molar-refractivity contribution in [1.82, 2.24) is 9.97 Å². The zero-order valence-corrected chi connectivity index (χ0v) is 17.2. The average Bonchev–Trinajstić information content (AvgIpc) is 3.25. The number of hydrogen-bond acceptors (Lipinski definition) is 6. The van der Waals surface area contributed by atoms with Gasteiger partial charge in [-0.2, -0.15) is 4.98 Å². The second-order valence-corrected chi connectivity index (χ2v) is 8.65. The SMILES string of the molecule is CC1(CCO)CN(c2nc(N)ncc2Cl)c2cc(C#CC3(O)CCCC3)ccc21. The van der Waals surface area contributed by atoms with Crippen LogP contribution in [-0.2, 0) is 5.41 Å². The first-order valence-corrected chi connectivity index (χ1v) is 10.3. The van der Waals surface area contributed by atoms with E-state index in [2.05, 4.69) is 28.7 Å². The summed E-state index contributed by atoms with van der Waals surface area (Å²) in [5.74, 6) is 6.91. The van der Waals surface area contributed by atoms with Gasteiger partial charge in [-0.05, 0) is 49.8 Å². The van der Waals surface area contributed by atoms with E-state index in [1.165, 1.54) is 6.20 Å². The number of aromatic nitrogens is 2. The summed E-state index contributed by atoms with van der Waals surface area (Å²) < 4.78 is 0. The number of aliphatic hydroxyl groups excluding tert-OH is 1. The van der Waals surface area contributed by atoms with E-state index in [0.29, 0.717) is 23.8 Å². The lowest BCUT2D eigenvalue weighted by Gasteiger charge is -2.25. The lowest BCUT2D eigenvalue weighted by atomic mass is 9.81. The second-order valence-electron chi connectivity index (χ2n) is 8.24. The Balaban J connectivity index is 1.78. The highest BCUT2D eigenvalue weighted by Gasteiger charge is 2.40. The van der Waals surface area contributed by atoms with Gasteiger partial charge in [0.05, 0.1) is 6.20 Å². The Hall–Kier alpha value is -2.33. The van der Waals surface area contributed by atoms with Crippen LogP contribution in [0.5, 0.6) is 0 Å². The number of nitrogens with two attached hydrogens (primary N) is 1. The maximum absolute atomic E-state index is 10.5. The molecule has 1 aromatic heterocycles. The largest absolute Gasteiger partial charge is 0.396 e. The lowest BCUT2D eigenvalue weighted by molar-refractivity contribution is 0.110. The first-order valence-electron chi connectivity index (χ1n) is 9.90. The van der Waals surface area contributed by atoms with E-state index in [1.807, 2.05) is 23.1 Å². The summed E-state index contributed by atoms with van der Waals surface area (Å²) in [6.07, 6.45) is 5.58. The Morgan fingerprint density at radius 3 is 2.79 bits per heavy atom. The molecule has 2 heterocycles. The van der Waals surface area contributed by atoms with Crippen LogP contribution in [-0.4, -0.2) is 38.9 Å². The predicted octanol–water partition coefficient (Wildman–Crippen LogP) is 3.16. The van der Waals surface area contributed by atoms with Gasteiger partial charge >= 0.3 is 0 Å². The van der Waals surface area contributed by atoms with E-state index in [-0.39, 0.29) is 18.0 Å². The van der Waals surface area contributed by atoms with Crippen LogP contribution in [0.15, 0.2) is 24.4 Å². The van der Waals surface area contributed by atoms with Crippen LogP contribution in [0.4, 0.5) is 17.5 Å². The number of hydrogen-bond donors (Lipinski definition) is 3. The molecule has 1 aliphatic carbocycles. The monoisotopic (exact) mass is 412 g/mol. The molecule has 1 aliphatic heterocycles. The molecule has 2 aromatic rings. The Kier molecular flexibility index (Phi) is 5.16. The maximum Gasteiger partial charge on any atom is 0.222 e. The van der Waals surface area contributed by atoms with Gasteiger partial charge < -0.3 is 20.8 Å². The van der Waals surface area contributed by atoms with Crippen molar-refractivity contribution in [3.05, 3.63) is 40.5 Å². The van der Waals surface area contributed by atoms with Gasteiger partial charge in [0.2, 0.25) is 5.95 Å². The van der Waals surface area contributed by atoms with E-state index >= 15 is 0 Å². The zero-order chi connectivity index (χ0) is 20.6. The Bertz CT molecular complexity index is 994. The number of benzene rings is 1. The van der Waals surface area contributed by atoms with E-state index in [4.69, 9.17) is 17.3 Å². The Morgan fingerprint density at radius 1 is 1.31 bits per heavy atom. The first-order chi connectivity index (χ1) is 13.8. The molecule has 1 saturated carbocycles. The van der Waals surface area contributed by atoms with E-state index in [9.17, 15) is 10.2 Å². The number of rotatable bonds is 3. The third kappa shape index (κ3) is 3.78. The fraction of sp³-hybridized carbons (Fsp3) is 0.455. The van der Waals surface area contributed by atoms with Crippen molar-refractivity contribution in [2.75, 3.05) is 23.8 Å². The fourth-order valence-electron chi connectivity index (χ4n) is 4.35. The summed E-state index contributed by atoms with van der Waals surface area (Å²) in [4.78, 5) is 10.3. The molecule has 7 heteroatoms. The third-order valence-electron chi connectivity index (χ3n) is 5.98. The van der Waals surface area contributed by atoms with Gasteiger partial charge in [0.1, 0.15) is 10.6 Å². The smallest absolute Gasteiger partial charge is 0.222 e. The summed E-state index contributed by atoms with van der Waals surface area (Å²) in [6, 6.07) is 6.02. The standard InChI is InChI=1S/C22H25ClN4O2/c1-21(10-11-28)14-27(19-17(23)13-25-20(24)26-19)18-12-15(4-5-16(18)21)6-9-22(29)7-2-3-8-22/h4-5,12-13,28-29H,2-3,7-8,10-11,14H2,1H3,(H2,24,25,26). The molecule has 0 bridgehead atoms. The zero-order valence-electron chi connectivity index (χ0n) is 16.5. The highest BCUT2D eigenvalue weighted by molar-refractivity contribution is 6.33. The van der Waals surface area contributed by atoms with Gasteiger partial charge in [-0.25, -0.2) is 4.98 Å². The minimum Gasteiger partial charge on any atom is -0.396 e. The normalized spacial score (nSPS) is 22.3. The third-order valence-corrected chi connectivity index (χ3v) is 6.25. The van der Waals surface area contributed by atoms with Crippen molar-refractivity contribution in [3.63, 3.8) is 0 Å². The molecule has 6 nitrogen and oxygen atoms in total. The van der Waals surface area contributed by atoms with E-state index in [1.54, 1.807) is 0 Å². The molecule has 1 aromatic carbocycles. The molecule has 29 heavy (non-hydrogen) atoms. The minimum atomic E-state index is -0.880. The summed E-state index contributed by atoms with van der Waals surface area (Å²) >= 11 is 6.39. The van der Waals surface area contributed by atoms with Crippen molar-refractivity contribution in [2.45, 2.75) is 50.0 Å². The number of aliphatic hydroxyl groups is 2. The van der Waals surface area contributed by atoms with Crippen molar-refractivity contribution in [3.8, 4) is 11.8 Å². The van der Waals surface area contributed by atoms with Gasteiger partial charge in [0.15, 0.2) is 5.82 Å². The summed E-state index contributed by atoms with van der Waals surface area (Å²) in [5, 5.41) is 20.6. The molecule has 0 amide bonds. The average molecular weight is 413 g/mol. The molecule has 152 valence electrons. The Labute approximate surface area is 175 Å². The minimum absolute atomic E-state index is 0.0814. The van der Waals surface area contributed by atoms with E-state index in [0.717, 1.165) is 42.5 Å².